The average molecular weight is 441 g/mol. The SMILES string of the molecule is CC(C)(C)C1CCc2sc(C(=O)N3CCN(c4ncnc5sccc45)CC3)cc2C1. The standard InChI is InChI=1S/C23H28N4OS2/c1-23(2,3)16-4-5-18-15(12-16)13-19(30-18)22(28)27-9-7-26(8-10-27)20-17-6-11-29-21(17)25-14-24-20/h6,11,13-14,16H,4-5,7-10,12H2,1-3H3. The van der Waals surface area contributed by atoms with Crippen LogP contribution in [0.15, 0.2) is 23.8 Å². The van der Waals surface area contributed by atoms with Crippen LogP contribution in [0, 0.1) is 11.3 Å². The van der Waals surface area contributed by atoms with Gasteiger partial charge in [0.2, 0.25) is 0 Å². The van der Waals surface area contributed by atoms with Gasteiger partial charge in [-0.3, -0.25) is 4.79 Å². The number of hydrogen-bond acceptors (Lipinski definition) is 6. The first-order chi connectivity index (χ1) is 14.4. The largest absolute Gasteiger partial charge is 0.352 e. The zero-order valence-corrected chi connectivity index (χ0v) is 19.5. The molecule has 1 aliphatic carbocycles. The third kappa shape index (κ3) is 3.62. The molecule has 0 saturated carbocycles. The van der Waals surface area contributed by atoms with Crippen LogP contribution in [-0.2, 0) is 12.8 Å². The summed E-state index contributed by atoms with van der Waals surface area (Å²) in [6.07, 6.45) is 5.11. The number of thiophene rings is 2. The van der Waals surface area contributed by atoms with E-state index in [1.807, 2.05) is 4.90 Å². The summed E-state index contributed by atoms with van der Waals surface area (Å²) in [5, 5.41) is 3.17. The van der Waals surface area contributed by atoms with Crippen molar-refractivity contribution >= 4 is 44.6 Å². The first-order valence-electron chi connectivity index (χ1n) is 10.7. The van der Waals surface area contributed by atoms with Crippen LogP contribution >= 0.6 is 22.7 Å². The lowest BCUT2D eigenvalue weighted by Crippen LogP contribution is -2.49. The molecule has 30 heavy (non-hydrogen) atoms. The lowest BCUT2D eigenvalue weighted by Gasteiger charge is -2.35. The molecule has 3 aromatic heterocycles. The predicted octanol–water partition coefficient (Wildman–Crippen LogP) is 4.87. The van der Waals surface area contributed by atoms with E-state index in [1.54, 1.807) is 29.0 Å². The Morgan fingerprint density at radius 3 is 2.73 bits per heavy atom. The van der Waals surface area contributed by atoms with E-state index in [-0.39, 0.29) is 5.91 Å². The van der Waals surface area contributed by atoms with E-state index in [0.29, 0.717) is 11.3 Å². The second kappa shape index (κ2) is 7.61. The second-order valence-corrected chi connectivity index (χ2v) is 11.5. The molecule has 0 radical (unpaired) electrons. The molecule has 0 spiro atoms. The third-order valence-corrected chi connectivity index (χ3v) is 8.67. The zero-order chi connectivity index (χ0) is 20.9. The van der Waals surface area contributed by atoms with E-state index in [2.05, 4.69) is 53.2 Å². The second-order valence-electron chi connectivity index (χ2n) is 9.48. The number of carbonyl (C=O) groups excluding carboxylic acids is 1. The summed E-state index contributed by atoms with van der Waals surface area (Å²) in [7, 11) is 0. The van der Waals surface area contributed by atoms with Crippen molar-refractivity contribution in [1.29, 1.82) is 0 Å². The third-order valence-electron chi connectivity index (χ3n) is 6.63. The van der Waals surface area contributed by atoms with Gasteiger partial charge in [-0.25, -0.2) is 9.97 Å². The van der Waals surface area contributed by atoms with Crippen LogP contribution in [-0.4, -0.2) is 47.0 Å². The van der Waals surface area contributed by atoms with E-state index < -0.39 is 0 Å². The molecule has 2 aliphatic rings. The highest BCUT2D eigenvalue weighted by Crippen LogP contribution is 2.40. The Morgan fingerprint density at radius 1 is 1.17 bits per heavy atom. The Labute approximate surface area is 185 Å². The van der Waals surface area contributed by atoms with Crippen molar-refractivity contribution in [1.82, 2.24) is 14.9 Å². The number of aryl methyl sites for hydroxylation is 1. The fourth-order valence-electron chi connectivity index (χ4n) is 4.67. The van der Waals surface area contributed by atoms with Crippen molar-refractivity contribution < 1.29 is 4.79 Å². The van der Waals surface area contributed by atoms with Gasteiger partial charge in [0, 0.05) is 31.1 Å². The van der Waals surface area contributed by atoms with Crippen LogP contribution in [0.4, 0.5) is 5.82 Å². The van der Waals surface area contributed by atoms with Crippen molar-refractivity contribution in [2.75, 3.05) is 31.1 Å². The summed E-state index contributed by atoms with van der Waals surface area (Å²) in [4.78, 5) is 29.8. The molecule has 1 unspecified atom stereocenters. The summed E-state index contributed by atoms with van der Waals surface area (Å²) in [6, 6.07) is 4.28. The van der Waals surface area contributed by atoms with Crippen LogP contribution < -0.4 is 4.90 Å². The van der Waals surface area contributed by atoms with Crippen molar-refractivity contribution in [3.8, 4) is 0 Å². The van der Waals surface area contributed by atoms with Gasteiger partial charge in [-0.2, -0.15) is 0 Å². The highest BCUT2D eigenvalue weighted by Gasteiger charge is 2.31. The van der Waals surface area contributed by atoms with Crippen LogP contribution in [0.3, 0.4) is 0 Å². The number of aromatic nitrogens is 2. The maximum atomic E-state index is 13.2. The Balaban J connectivity index is 1.27. The van der Waals surface area contributed by atoms with Gasteiger partial charge in [-0.05, 0) is 53.7 Å². The number of fused-ring (bicyclic) bond motifs is 2. The van der Waals surface area contributed by atoms with E-state index in [9.17, 15) is 4.79 Å². The summed E-state index contributed by atoms with van der Waals surface area (Å²) in [5.41, 5.74) is 1.74. The molecule has 1 fully saturated rings. The minimum Gasteiger partial charge on any atom is -0.352 e. The minimum absolute atomic E-state index is 0.199. The van der Waals surface area contributed by atoms with Gasteiger partial charge in [-0.15, -0.1) is 22.7 Å². The van der Waals surface area contributed by atoms with Crippen LogP contribution in [0.5, 0.6) is 0 Å². The van der Waals surface area contributed by atoms with E-state index >= 15 is 0 Å². The van der Waals surface area contributed by atoms with Gasteiger partial charge in [0.15, 0.2) is 0 Å². The van der Waals surface area contributed by atoms with Crippen LogP contribution in [0.25, 0.3) is 10.2 Å². The first kappa shape index (κ1) is 19.9. The molecule has 4 heterocycles. The smallest absolute Gasteiger partial charge is 0.264 e. The zero-order valence-electron chi connectivity index (χ0n) is 17.9. The maximum absolute atomic E-state index is 13.2. The van der Waals surface area contributed by atoms with Crippen molar-refractivity contribution in [2.45, 2.75) is 40.0 Å². The van der Waals surface area contributed by atoms with Crippen molar-refractivity contribution in [3.63, 3.8) is 0 Å². The normalized spacial score (nSPS) is 19.9. The molecule has 1 amide bonds. The van der Waals surface area contributed by atoms with Gasteiger partial charge in [0.1, 0.15) is 17.0 Å². The fraction of sp³-hybridized carbons (Fsp3) is 0.522. The summed E-state index contributed by atoms with van der Waals surface area (Å²) >= 11 is 3.37. The molecule has 7 heteroatoms. The average Bonchev–Trinajstić information content (AvgIpc) is 3.38. The fourth-order valence-corrected chi connectivity index (χ4v) is 6.58. The lowest BCUT2D eigenvalue weighted by atomic mass is 9.72. The maximum Gasteiger partial charge on any atom is 0.264 e. The van der Waals surface area contributed by atoms with E-state index in [4.69, 9.17) is 0 Å². The van der Waals surface area contributed by atoms with E-state index in [0.717, 1.165) is 59.9 Å². The van der Waals surface area contributed by atoms with Gasteiger partial charge in [0.05, 0.1) is 10.3 Å². The molecule has 1 aliphatic heterocycles. The highest BCUT2D eigenvalue weighted by atomic mass is 32.1. The quantitative estimate of drug-likeness (QED) is 0.571. The minimum atomic E-state index is 0.199. The van der Waals surface area contributed by atoms with Gasteiger partial charge in [0.25, 0.3) is 5.91 Å². The Morgan fingerprint density at radius 2 is 1.97 bits per heavy atom. The molecule has 0 aromatic carbocycles. The number of anilines is 1. The Kier molecular flexibility index (Phi) is 5.06. The number of hydrogen-bond donors (Lipinski definition) is 0. The number of carbonyl (C=O) groups is 1. The molecule has 0 bridgehead atoms. The van der Waals surface area contributed by atoms with Crippen LogP contribution in [0.1, 0.15) is 47.3 Å². The molecule has 3 aromatic rings. The number of amides is 1. The topological polar surface area (TPSA) is 49.3 Å². The first-order valence-corrected chi connectivity index (χ1v) is 12.4. The summed E-state index contributed by atoms with van der Waals surface area (Å²) in [5.74, 6) is 1.89. The van der Waals surface area contributed by atoms with Gasteiger partial charge >= 0.3 is 0 Å². The van der Waals surface area contributed by atoms with Gasteiger partial charge in [-0.1, -0.05) is 20.8 Å². The summed E-state index contributed by atoms with van der Waals surface area (Å²) < 4.78 is 0. The molecule has 158 valence electrons. The van der Waals surface area contributed by atoms with Gasteiger partial charge < -0.3 is 9.80 Å². The molecule has 0 N–H and O–H groups in total. The van der Waals surface area contributed by atoms with E-state index in [1.165, 1.54) is 16.9 Å². The molecule has 1 saturated heterocycles. The highest BCUT2D eigenvalue weighted by molar-refractivity contribution is 7.16. The lowest BCUT2D eigenvalue weighted by molar-refractivity contribution is 0.0751. The number of piperazine rings is 1. The Bertz CT molecular complexity index is 1070. The van der Waals surface area contributed by atoms with Crippen molar-refractivity contribution in [3.05, 3.63) is 39.2 Å². The Hall–Kier alpha value is -1.99. The number of rotatable bonds is 2. The number of nitrogens with zero attached hydrogens (tertiary/aromatic N) is 4. The molecular formula is C23H28N4OS2. The summed E-state index contributed by atoms with van der Waals surface area (Å²) in [6.45, 7) is 10.1. The molecule has 5 rings (SSSR count). The molecule has 5 nitrogen and oxygen atoms in total. The van der Waals surface area contributed by atoms with Crippen LogP contribution in [0.2, 0.25) is 0 Å². The predicted molar refractivity (Wildman–Crippen MR) is 125 cm³/mol. The molecular weight excluding hydrogens is 412 g/mol. The molecule has 1 atom stereocenters. The monoisotopic (exact) mass is 440 g/mol. The van der Waals surface area contributed by atoms with Crippen molar-refractivity contribution in [2.24, 2.45) is 11.3 Å².